The number of carbonyl (C=O) groups is 2. The second-order valence-corrected chi connectivity index (χ2v) is 17.7. The Balaban J connectivity index is 2.43. The lowest BCUT2D eigenvalue weighted by atomic mass is 10.1. The fraction of sp³-hybridized carbons (Fsp3) is 0.500. The summed E-state index contributed by atoms with van der Waals surface area (Å²) in [7, 11) is -1.26. The van der Waals surface area contributed by atoms with Crippen LogP contribution in [0.15, 0.2) is 55.8 Å². The molecule has 0 radical (unpaired) electrons. The number of carbonyl (C=O) groups excluding carboxylic acids is 2. The van der Waals surface area contributed by atoms with Crippen molar-refractivity contribution >= 4 is 25.8 Å². The molecule has 2 N–H and O–H groups in total. The highest BCUT2D eigenvalue weighted by molar-refractivity contribution is 6.76. The van der Waals surface area contributed by atoms with E-state index in [1.54, 1.807) is 12.2 Å². The Labute approximate surface area is 234 Å². The number of amides is 2. The summed E-state index contributed by atoms with van der Waals surface area (Å²) in [6.07, 6.45) is 5.65. The maximum atomic E-state index is 12.7. The molecule has 214 valence electrons. The molecule has 0 spiro atoms. The number of nitrogens with zero attached hydrogens (tertiary/aromatic N) is 2. The highest BCUT2D eigenvalue weighted by Gasteiger charge is 2.25. The molecule has 9 heteroatoms. The Hall–Kier alpha value is -3.17. The van der Waals surface area contributed by atoms with Crippen molar-refractivity contribution in [1.82, 2.24) is 14.9 Å². The molecule has 0 saturated carbocycles. The van der Waals surface area contributed by atoms with Gasteiger partial charge in [-0.05, 0) is 45.2 Å². The van der Waals surface area contributed by atoms with Crippen LogP contribution < -0.4 is 10.6 Å². The van der Waals surface area contributed by atoms with Crippen molar-refractivity contribution in [2.45, 2.75) is 84.6 Å². The van der Waals surface area contributed by atoms with Crippen LogP contribution in [-0.4, -0.2) is 41.8 Å². The van der Waals surface area contributed by atoms with Crippen LogP contribution in [0, 0.1) is 5.92 Å². The van der Waals surface area contributed by atoms with Crippen LogP contribution >= 0.6 is 0 Å². The lowest BCUT2D eigenvalue weighted by Gasteiger charge is -2.23. The van der Waals surface area contributed by atoms with E-state index in [-0.39, 0.29) is 18.6 Å². The van der Waals surface area contributed by atoms with Gasteiger partial charge >= 0.3 is 6.09 Å². The van der Waals surface area contributed by atoms with Crippen molar-refractivity contribution in [3.8, 4) is 11.3 Å². The quantitative estimate of drug-likeness (QED) is 0.147. The third kappa shape index (κ3) is 11.2. The minimum atomic E-state index is -1.26. The Morgan fingerprint density at radius 1 is 1.18 bits per heavy atom. The Morgan fingerprint density at radius 3 is 2.49 bits per heavy atom. The summed E-state index contributed by atoms with van der Waals surface area (Å²) in [6, 6.07) is 8.10. The zero-order chi connectivity index (χ0) is 29.2. The van der Waals surface area contributed by atoms with Crippen LogP contribution in [-0.2, 0) is 21.0 Å². The van der Waals surface area contributed by atoms with E-state index in [9.17, 15) is 9.59 Å². The topological polar surface area (TPSA) is 94.5 Å². The number of hydrogen-bond acceptors (Lipinski definition) is 5. The molecule has 39 heavy (non-hydrogen) atoms. The van der Waals surface area contributed by atoms with Crippen LogP contribution in [0.4, 0.5) is 10.5 Å². The van der Waals surface area contributed by atoms with Gasteiger partial charge in [-0.25, -0.2) is 9.78 Å². The van der Waals surface area contributed by atoms with Crippen LogP contribution in [0.5, 0.6) is 0 Å². The number of nitrogens with one attached hydrogen (secondary N) is 2. The Bertz CT molecular complexity index is 1130. The summed E-state index contributed by atoms with van der Waals surface area (Å²) in [5.74, 6) is 0.584. The number of rotatable bonds is 14. The first kappa shape index (κ1) is 32.0. The minimum Gasteiger partial charge on any atom is -0.444 e. The highest BCUT2D eigenvalue weighted by atomic mass is 28.3. The monoisotopic (exact) mass is 554 g/mol. The van der Waals surface area contributed by atoms with Crippen LogP contribution in [0.2, 0.25) is 25.7 Å². The standard InChI is InChI=1S/C30H46N4O4Si/c1-10-14-25(33-29(36)38-30(4,5)6)28-32-26(20-34(28)21-37-17-18-39(7,8)9)23-15-12-13-16-24(23)31-27(35)19-22(3)11-2/h10-13,15-16,20,22,25H,1-2,14,17-19,21H2,3-9H3,(H,31,35)(H,33,36)/t22-,25?/m1/s1. The average molecular weight is 555 g/mol. The molecular formula is C30H46N4O4Si. The third-order valence-electron chi connectivity index (χ3n) is 5.83. The molecule has 1 unspecified atom stereocenters. The van der Waals surface area contributed by atoms with Crippen LogP contribution in [0.25, 0.3) is 11.3 Å². The first-order valence-electron chi connectivity index (χ1n) is 13.5. The summed E-state index contributed by atoms with van der Waals surface area (Å²) in [4.78, 5) is 30.3. The largest absolute Gasteiger partial charge is 0.444 e. The van der Waals surface area contributed by atoms with E-state index in [1.165, 1.54) is 0 Å². The maximum Gasteiger partial charge on any atom is 0.408 e. The molecule has 1 aromatic carbocycles. The van der Waals surface area contributed by atoms with Crippen molar-refractivity contribution in [1.29, 1.82) is 0 Å². The molecule has 2 rings (SSSR count). The van der Waals surface area contributed by atoms with Gasteiger partial charge in [0.2, 0.25) is 5.91 Å². The molecule has 0 fully saturated rings. The molecule has 0 aliphatic carbocycles. The first-order chi connectivity index (χ1) is 18.2. The van der Waals surface area contributed by atoms with E-state index >= 15 is 0 Å². The second-order valence-electron chi connectivity index (χ2n) is 12.0. The first-order valence-corrected chi connectivity index (χ1v) is 17.2. The lowest BCUT2D eigenvalue weighted by Crippen LogP contribution is -2.36. The number of imidazole rings is 1. The molecule has 2 aromatic rings. The molecular weight excluding hydrogens is 508 g/mol. The molecule has 2 atom stereocenters. The predicted molar refractivity (Wildman–Crippen MR) is 161 cm³/mol. The van der Waals surface area contributed by atoms with Crippen LogP contribution in [0.1, 0.15) is 52.4 Å². The predicted octanol–water partition coefficient (Wildman–Crippen LogP) is 7.16. The summed E-state index contributed by atoms with van der Waals surface area (Å²) >= 11 is 0. The number of benzene rings is 1. The SMILES string of the molecule is C=CCC(NC(=O)OC(C)(C)C)c1nc(-c2ccccc2NC(=O)C[C@H](C)C=C)cn1COCC[Si](C)(C)C. The summed E-state index contributed by atoms with van der Waals surface area (Å²) in [5.41, 5.74) is 1.46. The average Bonchev–Trinajstić information content (AvgIpc) is 3.24. The molecule has 1 heterocycles. The van der Waals surface area contributed by atoms with Crippen molar-refractivity contribution in [3.63, 3.8) is 0 Å². The van der Waals surface area contributed by atoms with Crippen molar-refractivity contribution < 1.29 is 19.1 Å². The van der Waals surface area contributed by atoms with Gasteiger partial charge < -0.3 is 24.7 Å². The van der Waals surface area contributed by atoms with Gasteiger partial charge in [0.25, 0.3) is 0 Å². The van der Waals surface area contributed by atoms with E-state index < -0.39 is 25.8 Å². The van der Waals surface area contributed by atoms with E-state index in [1.807, 2.05) is 62.7 Å². The molecule has 8 nitrogen and oxygen atoms in total. The fourth-order valence-electron chi connectivity index (χ4n) is 3.72. The zero-order valence-corrected chi connectivity index (χ0v) is 25.7. The van der Waals surface area contributed by atoms with Crippen molar-refractivity contribution in [2.75, 3.05) is 11.9 Å². The van der Waals surface area contributed by atoms with Gasteiger partial charge in [-0.15, -0.1) is 13.2 Å². The number of anilines is 1. The van der Waals surface area contributed by atoms with E-state index in [4.69, 9.17) is 14.5 Å². The highest BCUT2D eigenvalue weighted by Crippen LogP contribution is 2.30. The number of aromatic nitrogens is 2. The molecule has 0 aliphatic heterocycles. The van der Waals surface area contributed by atoms with E-state index in [0.29, 0.717) is 36.7 Å². The maximum absolute atomic E-state index is 12.7. The molecule has 0 aliphatic rings. The van der Waals surface area contributed by atoms with Crippen molar-refractivity contribution in [3.05, 3.63) is 61.6 Å². The number of allylic oxidation sites excluding steroid dienone is 1. The zero-order valence-electron chi connectivity index (χ0n) is 24.7. The van der Waals surface area contributed by atoms with E-state index in [2.05, 4.69) is 43.4 Å². The summed E-state index contributed by atoms with van der Waals surface area (Å²) < 4.78 is 13.5. The van der Waals surface area contributed by atoms with E-state index in [0.717, 1.165) is 11.6 Å². The van der Waals surface area contributed by atoms with Gasteiger partial charge in [0.15, 0.2) is 0 Å². The second kappa shape index (κ2) is 14.3. The minimum absolute atomic E-state index is 0.0647. The van der Waals surface area contributed by atoms with Crippen molar-refractivity contribution in [2.24, 2.45) is 5.92 Å². The van der Waals surface area contributed by atoms with Crippen LogP contribution in [0.3, 0.4) is 0 Å². The lowest BCUT2D eigenvalue weighted by molar-refractivity contribution is -0.116. The number of para-hydroxylation sites is 1. The van der Waals surface area contributed by atoms with Gasteiger partial charge in [-0.2, -0.15) is 0 Å². The summed E-state index contributed by atoms with van der Waals surface area (Å²) in [5, 5.41) is 5.96. The normalized spacial score (nSPS) is 13.3. The molecule has 1 aromatic heterocycles. The summed E-state index contributed by atoms with van der Waals surface area (Å²) in [6.45, 7) is 22.9. The fourth-order valence-corrected chi connectivity index (χ4v) is 4.48. The number of alkyl carbamates (subject to hydrolysis) is 1. The van der Waals surface area contributed by atoms with Gasteiger partial charge in [0.05, 0.1) is 17.4 Å². The Kier molecular flexibility index (Phi) is 11.7. The Morgan fingerprint density at radius 2 is 1.87 bits per heavy atom. The molecule has 0 bridgehead atoms. The van der Waals surface area contributed by atoms with Gasteiger partial charge in [-0.1, -0.05) is 56.9 Å². The third-order valence-corrected chi connectivity index (χ3v) is 7.53. The smallest absolute Gasteiger partial charge is 0.408 e. The van der Waals surface area contributed by atoms with Gasteiger partial charge in [0.1, 0.15) is 18.2 Å². The molecule has 0 saturated heterocycles. The number of ether oxygens (including phenoxy) is 2. The number of hydrogen-bond donors (Lipinski definition) is 2. The molecule has 2 amide bonds. The van der Waals surface area contributed by atoms with Gasteiger partial charge in [0, 0.05) is 32.9 Å². The van der Waals surface area contributed by atoms with Gasteiger partial charge in [-0.3, -0.25) is 4.79 Å².